The minimum atomic E-state index is -0.462. The molecule has 3 rings (SSSR count). The van der Waals surface area contributed by atoms with Crippen LogP contribution in [-0.2, 0) is 4.79 Å². The van der Waals surface area contributed by atoms with E-state index < -0.39 is 4.92 Å². The van der Waals surface area contributed by atoms with Gasteiger partial charge in [0.25, 0.3) is 5.69 Å². The van der Waals surface area contributed by atoms with Gasteiger partial charge in [-0.2, -0.15) is 0 Å². The van der Waals surface area contributed by atoms with Crippen molar-refractivity contribution in [3.63, 3.8) is 0 Å². The zero-order valence-electron chi connectivity index (χ0n) is 13.7. The van der Waals surface area contributed by atoms with Gasteiger partial charge in [-0.3, -0.25) is 14.9 Å². The summed E-state index contributed by atoms with van der Waals surface area (Å²) in [7, 11) is 0. The number of nitro groups is 1. The van der Waals surface area contributed by atoms with Crippen molar-refractivity contribution in [2.24, 2.45) is 0 Å². The molecule has 1 amide bonds. The summed E-state index contributed by atoms with van der Waals surface area (Å²) in [5.74, 6) is -0.0914. The van der Waals surface area contributed by atoms with Crippen molar-refractivity contribution >= 4 is 40.1 Å². The maximum absolute atomic E-state index is 12.1. The van der Waals surface area contributed by atoms with Gasteiger partial charge in [-0.25, -0.2) is 4.98 Å². The summed E-state index contributed by atoms with van der Waals surface area (Å²) in [4.78, 5) is 30.2. The highest BCUT2D eigenvalue weighted by atomic mass is 32.2. The molecule has 0 spiro atoms. The molecule has 0 bridgehead atoms. The number of nitrogens with one attached hydrogen (secondary N) is 2. The number of amides is 1. The average Bonchev–Trinajstić information content (AvgIpc) is 2.96. The first-order chi connectivity index (χ1) is 11.9. The Morgan fingerprint density at radius 3 is 2.88 bits per heavy atom. The van der Waals surface area contributed by atoms with Crippen molar-refractivity contribution in [2.75, 3.05) is 11.1 Å². The molecule has 0 aliphatic heterocycles. The monoisotopic (exact) mass is 356 g/mol. The van der Waals surface area contributed by atoms with Gasteiger partial charge in [0.1, 0.15) is 0 Å². The minimum absolute atomic E-state index is 0.0156. The Morgan fingerprint density at radius 1 is 1.32 bits per heavy atom. The third kappa shape index (κ3) is 3.80. The smallest absolute Gasteiger partial charge is 0.274 e. The van der Waals surface area contributed by atoms with Crippen molar-refractivity contribution < 1.29 is 9.72 Å². The van der Waals surface area contributed by atoms with E-state index in [1.165, 1.54) is 17.8 Å². The Morgan fingerprint density at radius 2 is 2.12 bits per heavy atom. The number of fused-ring (bicyclic) bond motifs is 1. The van der Waals surface area contributed by atoms with Crippen LogP contribution in [0.3, 0.4) is 0 Å². The molecule has 128 valence electrons. The van der Waals surface area contributed by atoms with Gasteiger partial charge in [-0.15, -0.1) is 0 Å². The highest BCUT2D eigenvalue weighted by Crippen LogP contribution is 2.26. The van der Waals surface area contributed by atoms with E-state index in [4.69, 9.17) is 0 Å². The molecule has 8 heteroatoms. The largest absolute Gasteiger partial charge is 0.333 e. The summed E-state index contributed by atoms with van der Waals surface area (Å²) >= 11 is 1.28. The van der Waals surface area contributed by atoms with Gasteiger partial charge in [0.05, 0.1) is 33.0 Å². The molecule has 0 fully saturated rings. The minimum Gasteiger partial charge on any atom is -0.333 e. The van der Waals surface area contributed by atoms with Crippen LogP contribution in [0, 0.1) is 24.0 Å². The van der Waals surface area contributed by atoms with Crippen molar-refractivity contribution in [1.82, 2.24) is 9.97 Å². The quantitative estimate of drug-likeness (QED) is 0.411. The number of nitro benzene ring substituents is 1. The van der Waals surface area contributed by atoms with Gasteiger partial charge in [0.2, 0.25) is 5.91 Å². The molecule has 1 heterocycles. The van der Waals surface area contributed by atoms with Crippen LogP contribution in [0.2, 0.25) is 0 Å². The first-order valence-corrected chi connectivity index (χ1v) is 8.55. The second-order valence-corrected chi connectivity index (χ2v) is 6.57. The molecule has 2 aromatic carbocycles. The number of carbonyl (C=O) groups is 1. The summed E-state index contributed by atoms with van der Waals surface area (Å²) < 4.78 is 0. The molecule has 0 unspecified atom stereocenters. The molecule has 25 heavy (non-hydrogen) atoms. The third-order valence-corrected chi connectivity index (χ3v) is 4.60. The molecule has 0 saturated heterocycles. The molecule has 7 nitrogen and oxygen atoms in total. The first-order valence-electron chi connectivity index (χ1n) is 7.57. The number of hydrogen-bond donors (Lipinski definition) is 2. The molecule has 0 aliphatic rings. The number of carbonyl (C=O) groups excluding carboxylic acids is 1. The molecule has 0 atom stereocenters. The van der Waals surface area contributed by atoms with E-state index >= 15 is 0 Å². The van der Waals surface area contributed by atoms with Gasteiger partial charge in [0, 0.05) is 6.07 Å². The predicted octanol–water partition coefficient (Wildman–Crippen LogP) is 3.82. The number of H-pyrrole nitrogens is 1. The van der Waals surface area contributed by atoms with Gasteiger partial charge >= 0.3 is 0 Å². The average molecular weight is 356 g/mol. The molecule has 2 N–H and O–H groups in total. The topological polar surface area (TPSA) is 101 Å². The maximum Gasteiger partial charge on any atom is 0.274 e. The van der Waals surface area contributed by atoms with Crippen LogP contribution in [0.5, 0.6) is 0 Å². The molecule has 0 saturated carbocycles. The van der Waals surface area contributed by atoms with E-state index in [2.05, 4.69) is 15.3 Å². The van der Waals surface area contributed by atoms with Crippen LogP contribution in [0.25, 0.3) is 11.0 Å². The Balaban J connectivity index is 1.66. The van der Waals surface area contributed by atoms with E-state index in [1.54, 1.807) is 19.1 Å². The van der Waals surface area contributed by atoms with E-state index in [9.17, 15) is 14.9 Å². The number of hydrogen-bond acceptors (Lipinski definition) is 5. The Hall–Kier alpha value is -2.87. The number of rotatable bonds is 5. The molecule has 0 radical (unpaired) electrons. The normalized spacial score (nSPS) is 10.8. The maximum atomic E-state index is 12.1. The Kier molecular flexibility index (Phi) is 4.71. The first kappa shape index (κ1) is 17.0. The SMILES string of the molecule is Cc1ccc2nc(SCC(=O)Nc3cccc([N+](=O)[O-])c3C)[nH]c2c1. The number of imidazole rings is 1. The van der Waals surface area contributed by atoms with Gasteiger partial charge in [0.15, 0.2) is 5.16 Å². The van der Waals surface area contributed by atoms with Crippen LogP contribution in [-0.4, -0.2) is 26.6 Å². The summed E-state index contributed by atoms with van der Waals surface area (Å²) in [5.41, 5.74) is 3.77. The van der Waals surface area contributed by atoms with Crippen LogP contribution in [0.4, 0.5) is 11.4 Å². The number of nitrogens with zero attached hydrogens (tertiary/aromatic N) is 2. The van der Waals surface area contributed by atoms with E-state index in [0.717, 1.165) is 16.6 Å². The van der Waals surface area contributed by atoms with Crippen molar-refractivity contribution in [2.45, 2.75) is 19.0 Å². The molecule has 3 aromatic rings. The second kappa shape index (κ2) is 6.94. The van der Waals surface area contributed by atoms with Crippen LogP contribution < -0.4 is 5.32 Å². The van der Waals surface area contributed by atoms with Gasteiger partial charge in [-0.1, -0.05) is 23.9 Å². The van der Waals surface area contributed by atoms with E-state index in [1.807, 2.05) is 25.1 Å². The molecular weight excluding hydrogens is 340 g/mol. The van der Waals surface area contributed by atoms with Crippen LogP contribution >= 0.6 is 11.8 Å². The zero-order valence-corrected chi connectivity index (χ0v) is 14.5. The second-order valence-electron chi connectivity index (χ2n) is 5.61. The van der Waals surface area contributed by atoms with Crippen LogP contribution in [0.1, 0.15) is 11.1 Å². The summed E-state index contributed by atoms with van der Waals surface area (Å²) in [5, 5.41) is 14.3. The number of anilines is 1. The summed E-state index contributed by atoms with van der Waals surface area (Å²) in [6.45, 7) is 3.62. The number of aromatic nitrogens is 2. The lowest BCUT2D eigenvalue weighted by Gasteiger charge is -2.07. The van der Waals surface area contributed by atoms with E-state index in [-0.39, 0.29) is 17.3 Å². The number of benzene rings is 2. The van der Waals surface area contributed by atoms with E-state index in [0.29, 0.717) is 16.4 Å². The summed E-state index contributed by atoms with van der Waals surface area (Å²) in [6, 6.07) is 10.5. The Bertz CT molecular complexity index is 968. The molecule has 1 aromatic heterocycles. The molecule has 0 aliphatic carbocycles. The van der Waals surface area contributed by atoms with Crippen molar-refractivity contribution in [3.8, 4) is 0 Å². The zero-order chi connectivity index (χ0) is 18.0. The highest BCUT2D eigenvalue weighted by molar-refractivity contribution is 7.99. The number of thioether (sulfide) groups is 1. The fraction of sp³-hybridized carbons (Fsp3) is 0.176. The number of aromatic amines is 1. The highest BCUT2D eigenvalue weighted by Gasteiger charge is 2.15. The number of aryl methyl sites for hydroxylation is 1. The molecular formula is C17H16N4O3S. The van der Waals surface area contributed by atoms with Crippen molar-refractivity contribution in [1.29, 1.82) is 0 Å². The summed E-state index contributed by atoms with van der Waals surface area (Å²) in [6.07, 6.45) is 0. The third-order valence-electron chi connectivity index (χ3n) is 3.73. The fourth-order valence-electron chi connectivity index (χ4n) is 2.45. The predicted molar refractivity (Wildman–Crippen MR) is 98.0 cm³/mol. The van der Waals surface area contributed by atoms with Crippen molar-refractivity contribution in [3.05, 3.63) is 57.6 Å². The lowest BCUT2D eigenvalue weighted by molar-refractivity contribution is -0.385. The standard InChI is InChI=1S/C17H16N4O3S/c1-10-6-7-13-14(8-10)20-17(19-13)25-9-16(22)18-12-4-3-5-15(11(12)2)21(23)24/h3-8H,9H2,1-2H3,(H,18,22)(H,19,20). The lowest BCUT2D eigenvalue weighted by Crippen LogP contribution is -2.15. The van der Waals surface area contributed by atoms with Crippen LogP contribution in [0.15, 0.2) is 41.6 Å². The fourth-order valence-corrected chi connectivity index (χ4v) is 3.13. The van der Waals surface area contributed by atoms with Gasteiger partial charge < -0.3 is 10.3 Å². The van der Waals surface area contributed by atoms with Gasteiger partial charge in [-0.05, 0) is 37.6 Å². The Labute approximate surface area is 148 Å². The lowest BCUT2D eigenvalue weighted by atomic mass is 10.1.